The molecule has 3 heterocycles. The van der Waals surface area contributed by atoms with E-state index in [0.29, 0.717) is 17.9 Å². The Labute approximate surface area is 182 Å². The lowest BCUT2D eigenvalue weighted by atomic mass is 9.91. The monoisotopic (exact) mass is 435 g/mol. The topological polar surface area (TPSA) is 96.0 Å². The Balaban J connectivity index is 1.50. The summed E-state index contributed by atoms with van der Waals surface area (Å²) in [6.07, 6.45) is 1.71. The van der Waals surface area contributed by atoms with E-state index in [2.05, 4.69) is 25.9 Å². The summed E-state index contributed by atoms with van der Waals surface area (Å²) in [5.41, 5.74) is 1.76. The molecule has 0 aliphatic carbocycles. The fourth-order valence-corrected chi connectivity index (χ4v) is 4.07. The molecule has 2 amide bonds. The second-order valence-electron chi connectivity index (χ2n) is 7.73. The first-order valence-corrected chi connectivity index (χ1v) is 10.3. The molecule has 1 atom stereocenters. The summed E-state index contributed by atoms with van der Waals surface area (Å²) in [4.78, 5) is 32.9. The summed E-state index contributed by atoms with van der Waals surface area (Å²) in [5.74, 6) is -2.11. The quantitative estimate of drug-likeness (QED) is 0.584. The average molecular weight is 435 g/mol. The molecule has 2 aromatic carbocycles. The van der Waals surface area contributed by atoms with Gasteiger partial charge in [0.25, 0.3) is 5.91 Å². The van der Waals surface area contributed by atoms with Gasteiger partial charge in [-0.1, -0.05) is 18.2 Å². The van der Waals surface area contributed by atoms with Gasteiger partial charge in [0.15, 0.2) is 5.82 Å². The van der Waals surface area contributed by atoms with Crippen LogP contribution in [-0.4, -0.2) is 28.3 Å². The van der Waals surface area contributed by atoms with Gasteiger partial charge in [0, 0.05) is 12.2 Å². The maximum atomic E-state index is 14.3. The van der Waals surface area contributed by atoms with Gasteiger partial charge in [-0.05, 0) is 42.7 Å². The highest BCUT2D eigenvalue weighted by Crippen LogP contribution is 2.31. The number of fused-ring (bicyclic) bond motifs is 1. The standard InChI is InChI=1S/C23H19F2N5O2/c24-15-4-1-5-16(25)18(15)20-29-17-11-27-23(32)19(17)21(30-20)28-13-8-6-12(7-9-13)14-3-2-10-26-22(14)31/h1,4-9,14H,2-3,10-11H2,(H,26,31)(H,27,32)(H,28,29,30)/t14-/m0/s1. The van der Waals surface area contributed by atoms with E-state index in [0.717, 1.165) is 30.5 Å². The van der Waals surface area contributed by atoms with Crippen LogP contribution in [-0.2, 0) is 11.3 Å². The summed E-state index contributed by atoms with van der Waals surface area (Å²) in [6, 6.07) is 10.8. The van der Waals surface area contributed by atoms with E-state index < -0.39 is 11.6 Å². The van der Waals surface area contributed by atoms with Crippen molar-refractivity contribution >= 4 is 23.3 Å². The number of hydrogen-bond donors (Lipinski definition) is 3. The van der Waals surface area contributed by atoms with Crippen LogP contribution in [0.3, 0.4) is 0 Å². The normalized spacial score (nSPS) is 17.5. The van der Waals surface area contributed by atoms with E-state index in [-0.39, 0.29) is 47.0 Å². The van der Waals surface area contributed by atoms with Crippen molar-refractivity contribution in [2.75, 3.05) is 11.9 Å². The largest absolute Gasteiger partial charge is 0.356 e. The number of carbonyl (C=O) groups excluding carboxylic acids is 2. The van der Waals surface area contributed by atoms with E-state index >= 15 is 0 Å². The zero-order chi connectivity index (χ0) is 22.2. The predicted octanol–water partition coefficient (Wildman–Crippen LogP) is 3.40. The zero-order valence-corrected chi connectivity index (χ0v) is 16.9. The highest BCUT2D eigenvalue weighted by molar-refractivity contribution is 6.03. The van der Waals surface area contributed by atoms with Crippen LogP contribution in [0.25, 0.3) is 11.4 Å². The Morgan fingerprint density at radius 3 is 2.41 bits per heavy atom. The van der Waals surface area contributed by atoms with E-state index in [9.17, 15) is 18.4 Å². The smallest absolute Gasteiger partial charge is 0.257 e. The number of benzene rings is 2. The molecule has 0 bridgehead atoms. The van der Waals surface area contributed by atoms with E-state index in [1.165, 1.54) is 6.07 Å². The molecule has 0 unspecified atom stereocenters. The number of anilines is 2. The van der Waals surface area contributed by atoms with Crippen molar-refractivity contribution < 1.29 is 18.4 Å². The molecule has 0 spiro atoms. The van der Waals surface area contributed by atoms with Gasteiger partial charge in [0.1, 0.15) is 23.0 Å². The molecule has 9 heteroatoms. The van der Waals surface area contributed by atoms with Crippen molar-refractivity contribution in [3.63, 3.8) is 0 Å². The van der Waals surface area contributed by atoms with Gasteiger partial charge < -0.3 is 16.0 Å². The zero-order valence-electron chi connectivity index (χ0n) is 16.9. The maximum absolute atomic E-state index is 14.3. The van der Waals surface area contributed by atoms with Gasteiger partial charge in [0.05, 0.1) is 23.7 Å². The van der Waals surface area contributed by atoms with Gasteiger partial charge in [-0.25, -0.2) is 18.7 Å². The number of rotatable bonds is 4. The minimum atomic E-state index is -0.789. The first-order chi connectivity index (χ1) is 15.5. The summed E-state index contributed by atoms with van der Waals surface area (Å²) in [7, 11) is 0. The molecule has 3 N–H and O–H groups in total. The lowest BCUT2D eigenvalue weighted by Crippen LogP contribution is -2.34. The van der Waals surface area contributed by atoms with Crippen molar-refractivity contribution in [2.24, 2.45) is 0 Å². The first-order valence-electron chi connectivity index (χ1n) is 10.3. The van der Waals surface area contributed by atoms with Crippen LogP contribution in [0.15, 0.2) is 42.5 Å². The van der Waals surface area contributed by atoms with Crippen molar-refractivity contribution in [3.8, 4) is 11.4 Å². The summed E-state index contributed by atoms with van der Waals surface area (Å²) in [5, 5.41) is 8.60. The molecule has 162 valence electrons. The Morgan fingerprint density at radius 2 is 1.69 bits per heavy atom. The third-order valence-electron chi connectivity index (χ3n) is 5.67. The molecule has 0 radical (unpaired) electrons. The minimum Gasteiger partial charge on any atom is -0.356 e. The molecule has 7 nitrogen and oxygen atoms in total. The molecule has 32 heavy (non-hydrogen) atoms. The van der Waals surface area contributed by atoms with Crippen LogP contribution in [0, 0.1) is 11.6 Å². The molecule has 5 rings (SSSR count). The summed E-state index contributed by atoms with van der Waals surface area (Å²) < 4.78 is 28.6. The summed E-state index contributed by atoms with van der Waals surface area (Å²) >= 11 is 0. The molecule has 2 aliphatic heterocycles. The number of hydrogen-bond acceptors (Lipinski definition) is 5. The van der Waals surface area contributed by atoms with E-state index in [1.54, 1.807) is 12.1 Å². The van der Waals surface area contributed by atoms with Crippen molar-refractivity contribution in [2.45, 2.75) is 25.3 Å². The Bertz CT molecular complexity index is 1210. The van der Waals surface area contributed by atoms with Gasteiger partial charge >= 0.3 is 0 Å². The number of piperidine rings is 1. The molecule has 1 saturated heterocycles. The molecule has 1 fully saturated rings. The van der Waals surface area contributed by atoms with Crippen LogP contribution in [0.4, 0.5) is 20.3 Å². The Morgan fingerprint density at radius 1 is 0.938 bits per heavy atom. The highest BCUT2D eigenvalue weighted by Gasteiger charge is 2.28. The molecule has 0 saturated carbocycles. The van der Waals surface area contributed by atoms with Crippen LogP contribution < -0.4 is 16.0 Å². The summed E-state index contributed by atoms with van der Waals surface area (Å²) in [6.45, 7) is 0.838. The average Bonchev–Trinajstić information content (AvgIpc) is 3.16. The SMILES string of the molecule is O=C1NCc2nc(-c3c(F)cccc3F)nc(Nc3ccc([C@@H]4CCCNC4=O)cc3)c21. The van der Waals surface area contributed by atoms with Crippen LogP contribution in [0.1, 0.15) is 40.4 Å². The fraction of sp³-hybridized carbons (Fsp3) is 0.217. The number of amides is 2. The minimum absolute atomic E-state index is 0.0128. The molecule has 1 aromatic heterocycles. The number of halogens is 2. The molecule has 3 aromatic rings. The van der Waals surface area contributed by atoms with Crippen LogP contribution >= 0.6 is 0 Å². The molecule has 2 aliphatic rings. The van der Waals surface area contributed by atoms with Crippen molar-refractivity contribution in [1.82, 2.24) is 20.6 Å². The number of carbonyl (C=O) groups is 2. The Hall–Kier alpha value is -3.88. The number of nitrogens with one attached hydrogen (secondary N) is 3. The van der Waals surface area contributed by atoms with Crippen LogP contribution in [0.2, 0.25) is 0 Å². The highest BCUT2D eigenvalue weighted by atomic mass is 19.1. The van der Waals surface area contributed by atoms with Gasteiger partial charge in [-0.3, -0.25) is 9.59 Å². The van der Waals surface area contributed by atoms with E-state index in [4.69, 9.17) is 0 Å². The van der Waals surface area contributed by atoms with Crippen molar-refractivity contribution in [3.05, 3.63) is 70.9 Å². The predicted molar refractivity (Wildman–Crippen MR) is 113 cm³/mol. The van der Waals surface area contributed by atoms with Crippen LogP contribution in [0.5, 0.6) is 0 Å². The third kappa shape index (κ3) is 3.55. The first kappa shape index (κ1) is 20.0. The lowest BCUT2D eigenvalue weighted by Gasteiger charge is -2.22. The van der Waals surface area contributed by atoms with Crippen molar-refractivity contribution in [1.29, 1.82) is 0 Å². The number of nitrogens with zero attached hydrogens (tertiary/aromatic N) is 2. The lowest BCUT2D eigenvalue weighted by molar-refractivity contribution is -0.123. The van der Waals surface area contributed by atoms with Gasteiger partial charge in [-0.2, -0.15) is 0 Å². The second-order valence-corrected chi connectivity index (χ2v) is 7.73. The second kappa shape index (κ2) is 7.99. The van der Waals surface area contributed by atoms with Gasteiger partial charge in [0.2, 0.25) is 5.91 Å². The molecular weight excluding hydrogens is 416 g/mol. The van der Waals surface area contributed by atoms with Gasteiger partial charge in [-0.15, -0.1) is 0 Å². The maximum Gasteiger partial charge on any atom is 0.257 e. The Kier molecular flexibility index (Phi) is 5.01. The van der Waals surface area contributed by atoms with E-state index in [1.807, 2.05) is 12.1 Å². The number of aromatic nitrogens is 2. The third-order valence-corrected chi connectivity index (χ3v) is 5.67. The molecular formula is C23H19F2N5O2. The fourth-order valence-electron chi connectivity index (χ4n) is 4.07.